The lowest BCUT2D eigenvalue weighted by atomic mass is 10.0. The van der Waals surface area contributed by atoms with Crippen LogP contribution in [0.15, 0.2) is 291 Å². The molecule has 0 aliphatic carbocycles. The zero-order valence-corrected chi connectivity index (χ0v) is 39.7. The van der Waals surface area contributed by atoms with Crippen LogP contribution in [-0.4, -0.2) is 0 Å². The average molecular weight is 952 g/mol. The van der Waals surface area contributed by atoms with E-state index in [-0.39, 0.29) is 0 Å². The highest BCUT2D eigenvalue weighted by molar-refractivity contribution is 5.84. The molecule has 11 aromatic rings. The summed E-state index contributed by atoms with van der Waals surface area (Å²) >= 11 is 0. The van der Waals surface area contributed by atoms with Crippen LogP contribution in [0, 0.1) is 0 Å². The van der Waals surface area contributed by atoms with Crippen LogP contribution in [-0.2, 0) is 6.18 Å². The second-order valence-electron chi connectivity index (χ2n) is 17.7. The van der Waals surface area contributed by atoms with Crippen LogP contribution < -0.4 is 14.7 Å². The van der Waals surface area contributed by atoms with Gasteiger partial charge in [-0.05, 0) is 166 Å². The maximum Gasteiger partial charge on any atom is 0.416 e. The third-order valence-electron chi connectivity index (χ3n) is 13.1. The van der Waals surface area contributed by atoms with Gasteiger partial charge in [0.05, 0.1) is 5.56 Å². The Morgan fingerprint density at radius 2 is 0.342 bits per heavy atom. The molecule has 0 unspecified atom stereocenters. The normalized spacial score (nSPS) is 11.2. The lowest BCUT2D eigenvalue weighted by molar-refractivity contribution is -0.137. The molecule has 0 saturated carbocycles. The molecule has 0 radical (unpaired) electrons. The van der Waals surface area contributed by atoms with Crippen LogP contribution in [0.5, 0.6) is 0 Å². The predicted octanol–water partition coefficient (Wildman–Crippen LogP) is 19.8. The van der Waals surface area contributed by atoms with Gasteiger partial charge >= 0.3 is 6.18 Å². The van der Waals surface area contributed by atoms with Gasteiger partial charge in [0.25, 0.3) is 0 Å². The Balaban J connectivity index is 0.861. The second kappa shape index (κ2) is 20.5. The molecule has 73 heavy (non-hydrogen) atoms. The van der Waals surface area contributed by atoms with E-state index >= 15 is 0 Å². The van der Waals surface area contributed by atoms with Gasteiger partial charge in [0.15, 0.2) is 0 Å². The highest BCUT2D eigenvalue weighted by Gasteiger charge is 2.30. The number of rotatable bonds is 13. The van der Waals surface area contributed by atoms with Crippen LogP contribution >= 0.6 is 0 Å². The summed E-state index contributed by atoms with van der Waals surface area (Å²) < 4.78 is 41.4. The standard InChI is InChI=1S/C67H48F3N3/c68-67(69,70)57-33-47-66(48-34-57)73(64-43-29-55(30-44-64)53-25-39-62(40-26-53)71(58-17-9-3-10-18-58)60-35-21-51(22-36-60)49-13-5-1-6-14-49)65-45-31-56(32-46-65)54-27-41-63(42-28-54)72(59-19-11-4-12-20-59)61-37-23-52(24-38-61)50-15-7-2-8-16-50/h1-48H. The van der Waals surface area contributed by atoms with Crippen LogP contribution in [0.25, 0.3) is 44.5 Å². The summed E-state index contributed by atoms with van der Waals surface area (Å²) in [6, 6.07) is 97.4. The number of benzene rings is 11. The van der Waals surface area contributed by atoms with Crippen molar-refractivity contribution in [2.24, 2.45) is 0 Å². The van der Waals surface area contributed by atoms with Gasteiger partial charge in [-0.2, -0.15) is 13.2 Å². The van der Waals surface area contributed by atoms with Gasteiger partial charge in [-0.15, -0.1) is 0 Å². The number of para-hydroxylation sites is 2. The van der Waals surface area contributed by atoms with Crippen LogP contribution in [0.1, 0.15) is 5.56 Å². The van der Waals surface area contributed by atoms with Crippen LogP contribution in [0.2, 0.25) is 0 Å². The molecule has 0 heterocycles. The quantitative estimate of drug-likeness (QED) is 0.114. The molecule has 0 N–H and O–H groups in total. The number of nitrogens with zero attached hydrogens (tertiary/aromatic N) is 3. The molecule has 11 aromatic carbocycles. The Morgan fingerprint density at radius 3 is 0.548 bits per heavy atom. The Kier molecular flexibility index (Phi) is 12.9. The summed E-state index contributed by atoms with van der Waals surface area (Å²) in [6.07, 6.45) is -4.45. The van der Waals surface area contributed by atoms with Gasteiger partial charge in [0, 0.05) is 51.2 Å². The molecular formula is C67H48F3N3. The van der Waals surface area contributed by atoms with Gasteiger partial charge in [-0.1, -0.05) is 170 Å². The molecule has 352 valence electrons. The zero-order chi connectivity index (χ0) is 49.6. The number of anilines is 9. The molecule has 0 aromatic heterocycles. The van der Waals surface area contributed by atoms with Gasteiger partial charge in [0.2, 0.25) is 0 Å². The predicted molar refractivity (Wildman–Crippen MR) is 297 cm³/mol. The Labute approximate surface area is 424 Å². The minimum Gasteiger partial charge on any atom is -0.311 e. The first-order valence-electron chi connectivity index (χ1n) is 24.2. The molecule has 0 atom stereocenters. The Morgan fingerprint density at radius 1 is 0.178 bits per heavy atom. The number of hydrogen-bond acceptors (Lipinski definition) is 3. The van der Waals surface area contributed by atoms with Crippen molar-refractivity contribution >= 4 is 51.2 Å². The molecule has 3 nitrogen and oxygen atoms in total. The van der Waals surface area contributed by atoms with E-state index in [0.29, 0.717) is 5.69 Å². The Hall–Kier alpha value is -9.39. The first-order valence-corrected chi connectivity index (χ1v) is 24.2. The van der Waals surface area contributed by atoms with Crippen molar-refractivity contribution in [3.8, 4) is 44.5 Å². The van der Waals surface area contributed by atoms with Crippen molar-refractivity contribution in [3.63, 3.8) is 0 Å². The smallest absolute Gasteiger partial charge is 0.311 e. The minimum atomic E-state index is -4.45. The maximum atomic E-state index is 13.8. The van der Waals surface area contributed by atoms with Crippen molar-refractivity contribution in [1.29, 1.82) is 0 Å². The minimum absolute atomic E-state index is 0.609. The van der Waals surface area contributed by atoms with E-state index in [9.17, 15) is 13.2 Å². The molecule has 6 heteroatoms. The molecule has 0 fully saturated rings. The Bertz CT molecular complexity index is 3300. The monoisotopic (exact) mass is 951 g/mol. The van der Waals surface area contributed by atoms with Gasteiger partial charge in [-0.25, -0.2) is 0 Å². The summed E-state index contributed by atoms with van der Waals surface area (Å²) in [5.74, 6) is 0. The zero-order valence-electron chi connectivity index (χ0n) is 39.7. The number of halogens is 3. The lowest BCUT2D eigenvalue weighted by Crippen LogP contribution is -2.11. The number of hydrogen-bond donors (Lipinski definition) is 0. The van der Waals surface area contributed by atoms with Crippen molar-refractivity contribution < 1.29 is 13.2 Å². The van der Waals surface area contributed by atoms with Crippen molar-refractivity contribution in [2.75, 3.05) is 14.7 Å². The van der Waals surface area contributed by atoms with E-state index in [0.717, 1.165) is 91.0 Å². The van der Waals surface area contributed by atoms with E-state index in [2.05, 4.69) is 204 Å². The van der Waals surface area contributed by atoms with Crippen molar-refractivity contribution in [3.05, 3.63) is 297 Å². The van der Waals surface area contributed by atoms with Crippen molar-refractivity contribution in [1.82, 2.24) is 0 Å². The third-order valence-corrected chi connectivity index (χ3v) is 13.1. The summed E-state index contributed by atoms with van der Waals surface area (Å²) in [5.41, 5.74) is 16.5. The van der Waals surface area contributed by atoms with Crippen LogP contribution in [0.4, 0.5) is 64.4 Å². The second-order valence-corrected chi connectivity index (χ2v) is 17.7. The summed E-state index contributed by atoms with van der Waals surface area (Å²) in [4.78, 5) is 6.48. The molecule has 0 spiro atoms. The SMILES string of the molecule is FC(F)(F)c1ccc(N(c2ccc(-c3ccc(N(c4ccccc4)c4ccc(-c5ccccc5)cc4)cc3)cc2)c2ccc(-c3ccc(N(c4ccccc4)c4ccc(-c5ccccc5)cc4)cc3)cc2)cc1. The van der Waals surface area contributed by atoms with Crippen LogP contribution in [0.3, 0.4) is 0 Å². The fourth-order valence-electron chi connectivity index (χ4n) is 9.37. The summed E-state index contributed by atoms with van der Waals surface area (Å²) in [6.45, 7) is 0. The van der Waals surface area contributed by atoms with Crippen molar-refractivity contribution in [2.45, 2.75) is 6.18 Å². The van der Waals surface area contributed by atoms with Gasteiger partial charge < -0.3 is 14.7 Å². The van der Waals surface area contributed by atoms with E-state index in [4.69, 9.17) is 0 Å². The molecule has 0 saturated heterocycles. The average Bonchev–Trinajstić information content (AvgIpc) is 3.45. The van der Waals surface area contributed by atoms with E-state index < -0.39 is 11.7 Å². The highest BCUT2D eigenvalue weighted by atomic mass is 19.4. The summed E-state index contributed by atoms with van der Waals surface area (Å²) in [5, 5.41) is 0. The largest absolute Gasteiger partial charge is 0.416 e. The topological polar surface area (TPSA) is 9.72 Å². The lowest BCUT2D eigenvalue weighted by Gasteiger charge is -2.27. The fraction of sp³-hybridized carbons (Fsp3) is 0.0149. The fourth-order valence-corrected chi connectivity index (χ4v) is 9.37. The summed E-state index contributed by atoms with van der Waals surface area (Å²) in [7, 11) is 0. The van der Waals surface area contributed by atoms with Gasteiger partial charge in [0.1, 0.15) is 0 Å². The maximum absolute atomic E-state index is 13.8. The first kappa shape index (κ1) is 46.0. The highest BCUT2D eigenvalue weighted by Crippen LogP contribution is 2.42. The molecule has 11 rings (SSSR count). The molecule has 0 aliphatic heterocycles. The molecular weight excluding hydrogens is 904 g/mol. The first-order chi connectivity index (χ1) is 35.8. The molecule has 0 bridgehead atoms. The van der Waals surface area contributed by atoms with E-state index in [1.165, 1.54) is 23.3 Å². The van der Waals surface area contributed by atoms with E-state index in [1.54, 1.807) is 0 Å². The molecule has 0 aliphatic rings. The third kappa shape index (κ3) is 10.1. The van der Waals surface area contributed by atoms with Gasteiger partial charge in [-0.3, -0.25) is 0 Å². The molecule has 0 amide bonds. The van der Waals surface area contributed by atoms with E-state index in [1.807, 2.05) is 77.7 Å². The number of alkyl halides is 3.